The van der Waals surface area contributed by atoms with Gasteiger partial charge in [0, 0.05) is 4.47 Å². The van der Waals surface area contributed by atoms with Gasteiger partial charge in [-0.1, -0.05) is 36.4 Å². The van der Waals surface area contributed by atoms with E-state index >= 15 is 0 Å². The van der Waals surface area contributed by atoms with Crippen molar-refractivity contribution in [2.45, 2.75) is 0 Å². The molecule has 0 saturated heterocycles. The number of carboxylic acids is 1. The molecule has 102 valence electrons. The monoisotopic (exact) mass is 396 g/mol. The molecule has 3 nitrogen and oxygen atoms in total. The minimum atomic E-state index is -1.12. The topological polar surface area (TPSA) is 46.5 Å². The predicted octanol–water partition coefficient (Wildman–Crippen LogP) is 4.72. The van der Waals surface area contributed by atoms with Crippen LogP contribution < -0.4 is 4.74 Å². The highest BCUT2D eigenvalue weighted by Crippen LogP contribution is 2.33. The summed E-state index contributed by atoms with van der Waals surface area (Å²) in [6.07, 6.45) is 1.48. The molecular weight excluding hydrogens is 388 g/mol. The number of hydrogen-bond acceptors (Lipinski definition) is 2. The zero-order chi connectivity index (χ0) is 14.5. The molecule has 0 amide bonds. The Morgan fingerprint density at radius 2 is 1.75 bits per heavy atom. The van der Waals surface area contributed by atoms with Crippen molar-refractivity contribution in [3.05, 3.63) is 68.8 Å². The van der Waals surface area contributed by atoms with Crippen molar-refractivity contribution in [2.75, 3.05) is 0 Å². The molecular formula is C15H10Br2O3. The van der Waals surface area contributed by atoms with Gasteiger partial charge in [-0.2, -0.15) is 0 Å². The molecule has 0 saturated carbocycles. The molecule has 0 radical (unpaired) electrons. The van der Waals surface area contributed by atoms with Crippen molar-refractivity contribution in [1.29, 1.82) is 0 Å². The van der Waals surface area contributed by atoms with E-state index in [1.54, 1.807) is 12.1 Å². The van der Waals surface area contributed by atoms with Crippen LogP contribution in [0.25, 0.3) is 6.08 Å². The van der Waals surface area contributed by atoms with E-state index in [1.165, 1.54) is 6.08 Å². The summed E-state index contributed by atoms with van der Waals surface area (Å²) in [5.74, 6) is -0.834. The maximum Gasteiger partial charge on any atom is 0.371 e. The lowest BCUT2D eigenvalue weighted by Crippen LogP contribution is -2.08. The number of halogens is 2. The fourth-order valence-electron chi connectivity index (χ4n) is 1.52. The lowest BCUT2D eigenvalue weighted by molar-refractivity contribution is -0.134. The lowest BCUT2D eigenvalue weighted by Gasteiger charge is -2.09. The average Bonchev–Trinajstić information content (AvgIpc) is 2.44. The summed E-state index contributed by atoms with van der Waals surface area (Å²) in [4.78, 5) is 11.3. The standard InChI is InChI=1S/C15H10Br2O3/c16-11-7-4-8-12(14(11)17)20-13(15(18)19)9-10-5-2-1-3-6-10/h1-9H,(H,18,19)/b13-9+. The van der Waals surface area contributed by atoms with Crippen molar-refractivity contribution in [3.8, 4) is 5.75 Å². The van der Waals surface area contributed by atoms with E-state index in [-0.39, 0.29) is 5.76 Å². The second-order valence-corrected chi connectivity index (χ2v) is 5.53. The molecule has 0 aliphatic heterocycles. The third-order valence-corrected chi connectivity index (χ3v) is 4.46. The van der Waals surface area contributed by atoms with Gasteiger partial charge in [-0.3, -0.25) is 0 Å². The van der Waals surface area contributed by atoms with E-state index in [4.69, 9.17) is 4.74 Å². The normalized spacial score (nSPS) is 11.2. The van der Waals surface area contributed by atoms with Gasteiger partial charge in [0.05, 0.1) is 4.47 Å². The molecule has 0 aromatic heterocycles. The number of hydrogen-bond donors (Lipinski definition) is 1. The first-order valence-electron chi connectivity index (χ1n) is 5.70. The van der Waals surface area contributed by atoms with E-state index in [0.29, 0.717) is 10.2 Å². The number of carbonyl (C=O) groups is 1. The number of benzene rings is 2. The number of ether oxygens (including phenoxy) is 1. The first-order valence-corrected chi connectivity index (χ1v) is 7.28. The molecule has 0 atom stereocenters. The maximum atomic E-state index is 11.3. The fourth-order valence-corrected chi connectivity index (χ4v) is 2.21. The Morgan fingerprint density at radius 1 is 1.05 bits per heavy atom. The Balaban J connectivity index is 2.34. The van der Waals surface area contributed by atoms with E-state index in [0.717, 1.165) is 10.0 Å². The van der Waals surface area contributed by atoms with E-state index in [9.17, 15) is 9.90 Å². The summed E-state index contributed by atoms with van der Waals surface area (Å²) < 4.78 is 6.93. The van der Waals surface area contributed by atoms with Crippen LogP contribution in [0.5, 0.6) is 5.75 Å². The van der Waals surface area contributed by atoms with Crippen LogP contribution in [0.3, 0.4) is 0 Å². The predicted molar refractivity (Wildman–Crippen MR) is 84.5 cm³/mol. The third-order valence-electron chi connectivity index (χ3n) is 2.44. The summed E-state index contributed by atoms with van der Waals surface area (Å²) >= 11 is 6.70. The Kier molecular flexibility index (Phi) is 4.98. The summed E-state index contributed by atoms with van der Waals surface area (Å²) in [5.41, 5.74) is 0.760. The van der Waals surface area contributed by atoms with Crippen LogP contribution in [-0.2, 0) is 4.79 Å². The van der Waals surface area contributed by atoms with Gasteiger partial charge in [-0.15, -0.1) is 0 Å². The third kappa shape index (κ3) is 3.71. The molecule has 0 bridgehead atoms. The van der Waals surface area contributed by atoms with Gasteiger partial charge in [0.15, 0.2) is 0 Å². The number of rotatable bonds is 4. The van der Waals surface area contributed by atoms with Crippen LogP contribution in [0.15, 0.2) is 63.2 Å². The second-order valence-electron chi connectivity index (χ2n) is 3.88. The second kappa shape index (κ2) is 6.72. The summed E-state index contributed by atoms with van der Waals surface area (Å²) in [6.45, 7) is 0. The Hall–Kier alpha value is -1.59. The molecule has 0 unspecified atom stereocenters. The first kappa shape index (κ1) is 14.8. The molecule has 20 heavy (non-hydrogen) atoms. The van der Waals surface area contributed by atoms with Gasteiger partial charge in [0.25, 0.3) is 0 Å². The molecule has 0 aliphatic carbocycles. The van der Waals surface area contributed by atoms with Crippen molar-refractivity contribution in [1.82, 2.24) is 0 Å². The maximum absolute atomic E-state index is 11.3. The Morgan fingerprint density at radius 3 is 2.40 bits per heavy atom. The molecule has 2 rings (SSSR count). The molecule has 5 heteroatoms. The number of carboxylic acid groups (broad SMARTS) is 1. The summed E-state index contributed by atoms with van der Waals surface area (Å²) in [7, 11) is 0. The lowest BCUT2D eigenvalue weighted by atomic mass is 10.2. The van der Waals surface area contributed by atoms with E-state index in [1.807, 2.05) is 36.4 Å². The van der Waals surface area contributed by atoms with Gasteiger partial charge < -0.3 is 9.84 Å². The molecule has 2 aromatic rings. The molecule has 0 spiro atoms. The highest BCUT2D eigenvalue weighted by atomic mass is 79.9. The van der Waals surface area contributed by atoms with E-state index in [2.05, 4.69) is 31.9 Å². The fraction of sp³-hybridized carbons (Fsp3) is 0. The summed E-state index contributed by atoms with van der Waals surface area (Å²) in [6, 6.07) is 14.4. The van der Waals surface area contributed by atoms with E-state index < -0.39 is 5.97 Å². The average molecular weight is 398 g/mol. The first-order chi connectivity index (χ1) is 9.58. The molecule has 0 heterocycles. The van der Waals surface area contributed by atoms with Crippen molar-refractivity contribution < 1.29 is 14.6 Å². The van der Waals surface area contributed by atoms with Gasteiger partial charge in [0.1, 0.15) is 5.75 Å². The van der Waals surface area contributed by atoms with Crippen LogP contribution in [0.1, 0.15) is 5.56 Å². The minimum Gasteiger partial charge on any atom is -0.475 e. The van der Waals surface area contributed by atoms with Crippen LogP contribution in [0.4, 0.5) is 0 Å². The summed E-state index contributed by atoms with van der Waals surface area (Å²) in [5, 5.41) is 9.24. The Labute approximate surface area is 133 Å². The highest BCUT2D eigenvalue weighted by Gasteiger charge is 2.13. The van der Waals surface area contributed by atoms with Crippen molar-refractivity contribution >= 4 is 43.9 Å². The molecule has 1 N–H and O–H groups in total. The highest BCUT2D eigenvalue weighted by molar-refractivity contribution is 9.13. The van der Waals surface area contributed by atoms with Gasteiger partial charge >= 0.3 is 5.97 Å². The minimum absolute atomic E-state index is 0.144. The largest absolute Gasteiger partial charge is 0.475 e. The van der Waals surface area contributed by atoms with Gasteiger partial charge in [-0.05, 0) is 55.6 Å². The molecule has 0 fully saturated rings. The van der Waals surface area contributed by atoms with Gasteiger partial charge in [-0.25, -0.2) is 4.79 Å². The quantitative estimate of drug-likeness (QED) is 0.599. The number of aliphatic carboxylic acids is 1. The smallest absolute Gasteiger partial charge is 0.371 e. The van der Waals surface area contributed by atoms with Crippen LogP contribution in [-0.4, -0.2) is 11.1 Å². The zero-order valence-electron chi connectivity index (χ0n) is 10.2. The van der Waals surface area contributed by atoms with Crippen molar-refractivity contribution in [2.24, 2.45) is 0 Å². The SMILES string of the molecule is O=C(O)/C(=C\c1ccccc1)Oc1cccc(Br)c1Br. The van der Waals surface area contributed by atoms with Crippen molar-refractivity contribution in [3.63, 3.8) is 0 Å². The molecule has 2 aromatic carbocycles. The zero-order valence-corrected chi connectivity index (χ0v) is 13.4. The van der Waals surface area contributed by atoms with Gasteiger partial charge in [0.2, 0.25) is 5.76 Å². The van der Waals surface area contributed by atoms with Crippen LogP contribution in [0, 0.1) is 0 Å². The molecule has 0 aliphatic rings. The van der Waals surface area contributed by atoms with Crippen LogP contribution in [0.2, 0.25) is 0 Å². The van der Waals surface area contributed by atoms with Crippen LogP contribution >= 0.6 is 31.9 Å². The Bertz CT molecular complexity index is 651.